The van der Waals surface area contributed by atoms with E-state index in [2.05, 4.69) is 25.1 Å². The topological polar surface area (TPSA) is 118 Å². The highest BCUT2D eigenvalue weighted by Crippen LogP contribution is 2.23. The number of fused-ring (bicyclic) bond motifs is 1. The first-order chi connectivity index (χ1) is 15.5. The summed E-state index contributed by atoms with van der Waals surface area (Å²) in [6.45, 7) is 2.58. The highest BCUT2D eigenvalue weighted by atomic mass is 32.2. The smallest absolute Gasteiger partial charge is 0.263 e. The fraction of sp³-hybridized carbons (Fsp3) is 0.273. The minimum atomic E-state index is -3.66. The van der Waals surface area contributed by atoms with Gasteiger partial charge in [-0.25, -0.2) is 8.42 Å². The molecule has 10 heteroatoms. The SMILES string of the molecule is CCCCC(N=C1NS(=O)(=O)c2ccccc21)C(=O)Nc1ccn(Cc2ccncc2)n1. The van der Waals surface area contributed by atoms with Gasteiger partial charge in [0.2, 0.25) is 5.91 Å². The van der Waals surface area contributed by atoms with Crippen molar-refractivity contribution in [2.24, 2.45) is 4.99 Å². The molecule has 0 spiro atoms. The van der Waals surface area contributed by atoms with Crippen LogP contribution in [0.4, 0.5) is 5.82 Å². The summed E-state index contributed by atoms with van der Waals surface area (Å²) in [5.41, 5.74) is 1.52. The number of benzene rings is 1. The molecule has 4 rings (SSSR count). The Morgan fingerprint density at radius 2 is 1.97 bits per heavy atom. The van der Waals surface area contributed by atoms with Gasteiger partial charge in [0.05, 0.1) is 11.4 Å². The molecule has 0 bridgehead atoms. The van der Waals surface area contributed by atoms with Crippen molar-refractivity contribution in [3.63, 3.8) is 0 Å². The molecule has 0 fully saturated rings. The van der Waals surface area contributed by atoms with Crippen LogP contribution in [0.15, 0.2) is 70.9 Å². The molecule has 0 radical (unpaired) electrons. The van der Waals surface area contributed by atoms with Crippen LogP contribution < -0.4 is 10.0 Å². The lowest BCUT2D eigenvalue weighted by molar-refractivity contribution is -0.117. The standard InChI is InChI=1S/C22H24N6O3S/c1-2-3-7-18(24-21-17-6-4-5-8-19(17)32(30,31)27-21)22(29)25-20-11-14-28(26-20)15-16-9-12-23-13-10-16/h4-6,8-14,18H,2-3,7,15H2,1H3,(H,24,27)(H,25,26,29). The molecule has 1 amide bonds. The van der Waals surface area contributed by atoms with Crippen LogP contribution in [-0.4, -0.2) is 41.0 Å². The van der Waals surface area contributed by atoms with Crippen molar-refractivity contribution in [2.45, 2.75) is 43.7 Å². The van der Waals surface area contributed by atoms with Crippen LogP contribution in [0.2, 0.25) is 0 Å². The maximum atomic E-state index is 13.0. The van der Waals surface area contributed by atoms with Crippen LogP contribution in [0, 0.1) is 0 Å². The Labute approximate surface area is 186 Å². The zero-order chi connectivity index (χ0) is 22.6. The van der Waals surface area contributed by atoms with Crippen molar-refractivity contribution in [3.05, 3.63) is 72.2 Å². The van der Waals surface area contributed by atoms with Crippen molar-refractivity contribution in [1.29, 1.82) is 0 Å². The third-order valence-corrected chi connectivity index (χ3v) is 6.46. The number of aromatic nitrogens is 3. The number of nitrogens with zero attached hydrogens (tertiary/aromatic N) is 4. The van der Waals surface area contributed by atoms with Crippen molar-refractivity contribution in [2.75, 3.05) is 5.32 Å². The van der Waals surface area contributed by atoms with E-state index >= 15 is 0 Å². The van der Waals surface area contributed by atoms with E-state index in [4.69, 9.17) is 0 Å². The summed E-state index contributed by atoms with van der Waals surface area (Å²) in [6.07, 6.45) is 7.37. The molecule has 1 unspecified atom stereocenters. The number of carbonyl (C=O) groups excluding carboxylic acids is 1. The van der Waals surface area contributed by atoms with E-state index in [0.29, 0.717) is 24.3 Å². The fourth-order valence-electron chi connectivity index (χ4n) is 3.44. The number of aliphatic imine (C=N–C) groups is 1. The van der Waals surface area contributed by atoms with Crippen molar-refractivity contribution >= 4 is 27.6 Å². The molecule has 0 aliphatic carbocycles. The van der Waals surface area contributed by atoms with Gasteiger partial charge in [0.15, 0.2) is 5.82 Å². The molecule has 0 saturated heterocycles. The number of carbonyl (C=O) groups is 1. The van der Waals surface area contributed by atoms with Gasteiger partial charge in [-0.05, 0) is 36.2 Å². The van der Waals surface area contributed by atoms with E-state index in [-0.39, 0.29) is 16.6 Å². The number of rotatable bonds is 8. The first-order valence-corrected chi connectivity index (χ1v) is 11.9. The Morgan fingerprint density at radius 1 is 1.19 bits per heavy atom. The lowest BCUT2D eigenvalue weighted by Gasteiger charge is -2.13. The largest absolute Gasteiger partial charge is 0.307 e. The van der Waals surface area contributed by atoms with Crippen LogP contribution >= 0.6 is 0 Å². The number of sulfonamides is 1. The van der Waals surface area contributed by atoms with Gasteiger partial charge < -0.3 is 5.32 Å². The first kappa shape index (κ1) is 21.7. The van der Waals surface area contributed by atoms with Gasteiger partial charge in [-0.3, -0.25) is 24.2 Å². The van der Waals surface area contributed by atoms with Gasteiger partial charge in [-0.1, -0.05) is 31.9 Å². The zero-order valence-electron chi connectivity index (χ0n) is 17.6. The number of hydrogen-bond acceptors (Lipinski definition) is 6. The minimum absolute atomic E-state index is 0.170. The minimum Gasteiger partial charge on any atom is -0.307 e. The molecule has 0 saturated carbocycles. The first-order valence-electron chi connectivity index (χ1n) is 10.4. The zero-order valence-corrected chi connectivity index (χ0v) is 18.4. The summed E-state index contributed by atoms with van der Waals surface area (Å²) < 4.78 is 28.9. The summed E-state index contributed by atoms with van der Waals surface area (Å²) in [7, 11) is -3.66. The van der Waals surface area contributed by atoms with E-state index in [1.165, 1.54) is 6.07 Å². The van der Waals surface area contributed by atoms with Crippen LogP contribution in [0.5, 0.6) is 0 Å². The Hall–Kier alpha value is -3.53. The molecule has 3 aromatic rings. The van der Waals surface area contributed by atoms with E-state index in [1.54, 1.807) is 47.5 Å². The number of anilines is 1. The third kappa shape index (κ3) is 4.86. The fourth-order valence-corrected chi connectivity index (χ4v) is 4.68. The average Bonchev–Trinajstić information content (AvgIpc) is 3.33. The Kier molecular flexibility index (Phi) is 6.31. The molecule has 3 heterocycles. The predicted molar refractivity (Wildman–Crippen MR) is 121 cm³/mol. The van der Waals surface area contributed by atoms with Crippen LogP contribution in [0.3, 0.4) is 0 Å². The van der Waals surface area contributed by atoms with Gasteiger partial charge in [-0.2, -0.15) is 5.10 Å². The van der Waals surface area contributed by atoms with Gasteiger partial charge in [0, 0.05) is 30.2 Å². The van der Waals surface area contributed by atoms with E-state index < -0.39 is 16.1 Å². The lowest BCUT2D eigenvalue weighted by atomic mass is 10.1. The van der Waals surface area contributed by atoms with Crippen LogP contribution in [0.1, 0.15) is 37.3 Å². The highest BCUT2D eigenvalue weighted by Gasteiger charge is 2.31. The summed E-state index contributed by atoms with van der Waals surface area (Å²) in [6, 6.07) is 11.4. The molecular formula is C22H24N6O3S. The number of hydrogen-bond donors (Lipinski definition) is 2. The summed E-state index contributed by atoms with van der Waals surface area (Å²) in [4.78, 5) is 21.7. The molecular weight excluding hydrogens is 428 g/mol. The van der Waals surface area contributed by atoms with Crippen molar-refractivity contribution in [1.82, 2.24) is 19.5 Å². The molecule has 1 aliphatic rings. The molecule has 2 N–H and O–H groups in total. The molecule has 1 aromatic carbocycles. The third-order valence-electron chi connectivity index (χ3n) is 5.07. The normalized spacial score (nSPS) is 16.3. The van der Waals surface area contributed by atoms with Gasteiger partial charge in [-0.15, -0.1) is 0 Å². The van der Waals surface area contributed by atoms with E-state index in [0.717, 1.165) is 18.4 Å². The maximum Gasteiger partial charge on any atom is 0.263 e. The van der Waals surface area contributed by atoms with Gasteiger partial charge in [0.1, 0.15) is 11.9 Å². The van der Waals surface area contributed by atoms with Crippen LogP contribution in [0.25, 0.3) is 0 Å². The molecule has 9 nitrogen and oxygen atoms in total. The Bertz CT molecular complexity index is 1240. The van der Waals surface area contributed by atoms with Crippen molar-refractivity contribution < 1.29 is 13.2 Å². The average molecular weight is 453 g/mol. The molecule has 166 valence electrons. The molecule has 32 heavy (non-hydrogen) atoms. The van der Waals surface area contributed by atoms with E-state index in [9.17, 15) is 13.2 Å². The number of unbranched alkanes of at least 4 members (excludes halogenated alkanes) is 1. The Morgan fingerprint density at radius 3 is 2.75 bits per heavy atom. The number of amides is 1. The molecule has 2 aromatic heterocycles. The van der Waals surface area contributed by atoms with Crippen LogP contribution in [-0.2, 0) is 21.4 Å². The van der Waals surface area contributed by atoms with Gasteiger partial charge in [0.25, 0.3) is 10.0 Å². The van der Waals surface area contributed by atoms with Crippen molar-refractivity contribution in [3.8, 4) is 0 Å². The Balaban J connectivity index is 1.52. The second kappa shape index (κ2) is 9.31. The summed E-state index contributed by atoms with van der Waals surface area (Å²) in [5.74, 6) is 0.280. The number of pyridine rings is 1. The quantitative estimate of drug-likeness (QED) is 0.545. The highest BCUT2D eigenvalue weighted by molar-refractivity contribution is 7.90. The maximum absolute atomic E-state index is 13.0. The number of amidine groups is 1. The monoisotopic (exact) mass is 452 g/mol. The van der Waals surface area contributed by atoms with Gasteiger partial charge >= 0.3 is 0 Å². The van der Waals surface area contributed by atoms with E-state index in [1.807, 2.05) is 19.1 Å². The summed E-state index contributed by atoms with van der Waals surface area (Å²) in [5, 5.41) is 7.21. The molecule has 1 aliphatic heterocycles. The second-order valence-corrected chi connectivity index (χ2v) is 9.13. The molecule has 1 atom stereocenters. The lowest BCUT2D eigenvalue weighted by Crippen LogP contribution is -2.31. The summed E-state index contributed by atoms with van der Waals surface area (Å²) >= 11 is 0. The predicted octanol–water partition coefficient (Wildman–Crippen LogP) is 2.56. The second-order valence-electron chi connectivity index (χ2n) is 7.48. The number of nitrogens with one attached hydrogen (secondary N) is 2.